The first kappa shape index (κ1) is 60.0. The van der Waals surface area contributed by atoms with Crippen LogP contribution in [0, 0.1) is 23.2 Å². The summed E-state index contributed by atoms with van der Waals surface area (Å²) in [4.78, 5) is 112. The molecule has 1 fully saturated rings. The number of thioether (sulfide) groups is 1. The van der Waals surface area contributed by atoms with Crippen LogP contribution in [0.3, 0.4) is 0 Å². The first-order valence-electron chi connectivity index (χ1n) is 21.8. The molecule has 69 heavy (non-hydrogen) atoms. The van der Waals surface area contributed by atoms with Crippen molar-refractivity contribution in [1.29, 1.82) is 0 Å². The van der Waals surface area contributed by atoms with Gasteiger partial charge < -0.3 is 56.0 Å². The summed E-state index contributed by atoms with van der Waals surface area (Å²) >= 11 is 0.902. The van der Waals surface area contributed by atoms with E-state index in [-0.39, 0.29) is 77.8 Å². The van der Waals surface area contributed by atoms with E-state index in [9.17, 15) is 67.5 Å². The van der Waals surface area contributed by atoms with Gasteiger partial charge in [0.1, 0.15) is 42.0 Å². The van der Waals surface area contributed by atoms with Gasteiger partial charge in [-0.3, -0.25) is 42.1 Å². The molecule has 2 amide bonds. The number of anilines is 1. The van der Waals surface area contributed by atoms with Crippen molar-refractivity contribution in [3.05, 3.63) is 12.7 Å². The second kappa shape index (κ2) is 26.9. The molecule has 2 aromatic heterocycles. The molecule has 2 aromatic rings. The number of aromatic nitrogens is 4. The Morgan fingerprint density at radius 1 is 0.928 bits per heavy atom. The van der Waals surface area contributed by atoms with Gasteiger partial charge in [0.15, 0.2) is 22.8 Å². The first-order valence-corrected chi connectivity index (χ1v) is 27.3. The van der Waals surface area contributed by atoms with Crippen molar-refractivity contribution in [1.82, 2.24) is 30.2 Å². The summed E-state index contributed by atoms with van der Waals surface area (Å²) in [6.07, 6.45) is -2.00. The number of aliphatic hydroxyl groups is 2. The lowest BCUT2D eigenvalue weighted by molar-refractivity contribution is -0.138. The SMILES string of the molecule is CC(CCCC(C)CC(=O)O)CCCC(C)C(=O)CC(=O)SCCNC(=O)CCNC(=O)[C@H](O)C(C)(C)COP(=O)(O)OP(=O)(O)OC[C@H]1O[C@@H](n2cnc3c(N)ncnc32)[C@@H](O)[C@@H]1OP(=O)(O)O. The number of imidazole rings is 1. The van der Waals surface area contributed by atoms with Crippen LogP contribution in [0.1, 0.15) is 98.6 Å². The van der Waals surface area contributed by atoms with Gasteiger partial charge in [-0.15, -0.1) is 0 Å². The average Bonchev–Trinajstić information content (AvgIpc) is 3.80. The highest BCUT2D eigenvalue weighted by Crippen LogP contribution is 2.61. The van der Waals surface area contributed by atoms with E-state index in [1.165, 1.54) is 13.8 Å². The fourth-order valence-electron chi connectivity index (χ4n) is 6.96. The quantitative estimate of drug-likeness (QED) is 0.0285. The van der Waals surface area contributed by atoms with Gasteiger partial charge >= 0.3 is 29.4 Å². The van der Waals surface area contributed by atoms with Gasteiger partial charge in [0.2, 0.25) is 11.8 Å². The number of rotatable bonds is 32. The smallest absolute Gasteiger partial charge is 0.481 e. The number of hydrogen-bond acceptors (Lipinski definition) is 20. The highest BCUT2D eigenvalue weighted by atomic mass is 32.2. The molecule has 0 radical (unpaired) electrons. The second-order valence-corrected chi connectivity index (χ2v) is 22.9. The van der Waals surface area contributed by atoms with Crippen LogP contribution < -0.4 is 16.4 Å². The Hall–Kier alpha value is -3.30. The summed E-state index contributed by atoms with van der Waals surface area (Å²) in [5, 5.41) is 35.0. The molecule has 392 valence electrons. The zero-order valence-electron chi connectivity index (χ0n) is 38.7. The van der Waals surface area contributed by atoms with Crippen molar-refractivity contribution in [2.45, 2.75) is 123 Å². The van der Waals surface area contributed by atoms with E-state index in [4.69, 9.17) is 24.6 Å². The third kappa shape index (κ3) is 20.8. The molecule has 11 N–H and O–H groups in total. The monoisotopic (exact) mass is 1060 g/mol. The molecule has 0 saturated carbocycles. The summed E-state index contributed by atoms with van der Waals surface area (Å²) in [6.45, 7) is 6.08. The molecule has 1 aliphatic heterocycles. The number of nitrogens with one attached hydrogen (secondary N) is 2. The number of phosphoric ester groups is 3. The van der Waals surface area contributed by atoms with Crippen molar-refractivity contribution in [3.8, 4) is 0 Å². The summed E-state index contributed by atoms with van der Waals surface area (Å²) < 4.78 is 62.4. The fourth-order valence-corrected chi connectivity index (χ4v) is 10.5. The maximum absolute atomic E-state index is 12.7. The summed E-state index contributed by atoms with van der Waals surface area (Å²) in [5.41, 5.74) is 4.21. The van der Waals surface area contributed by atoms with Crippen molar-refractivity contribution >= 4 is 80.9 Å². The number of nitrogens with zero attached hydrogens (tertiary/aromatic N) is 4. The Morgan fingerprint density at radius 3 is 2.22 bits per heavy atom. The standard InChI is InChI=1S/C38H64N7O20P3S/c1-22(8-6-10-23(2)16-28(48)49)9-7-11-24(3)25(46)17-29(50)69-15-14-40-27(47)12-13-41-36(53)33(52)38(4,5)19-62-68(59,60)65-67(57,58)61-18-26-32(64-66(54,55)56)31(51)37(63-26)45-21-44-30-34(39)42-20-43-35(30)45/h20-24,26,31-33,37,51-52H,6-19H2,1-5H3,(H,40,47)(H,41,53)(H,48,49)(H,57,58)(H,59,60)(H2,39,42,43)(H2,54,55,56)/t22?,23?,24?,26-,31+,32-,33+,37-/m1/s1. The van der Waals surface area contributed by atoms with Gasteiger partial charge in [-0.2, -0.15) is 4.31 Å². The van der Waals surface area contributed by atoms with E-state index in [0.29, 0.717) is 12.3 Å². The van der Waals surface area contributed by atoms with Crippen molar-refractivity contribution in [3.63, 3.8) is 0 Å². The molecule has 3 rings (SSSR count). The number of phosphoric acid groups is 3. The number of ether oxygens (including phenoxy) is 1. The lowest BCUT2D eigenvalue weighted by Gasteiger charge is -2.30. The van der Waals surface area contributed by atoms with Gasteiger partial charge in [-0.1, -0.05) is 78.5 Å². The van der Waals surface area contributed by atoms with E-state index < -0.39 is 90.5 Å². The first-order chi connectivity index (χ1) is 32.0. The van der Waals surface area contributed by atoms with Crippen LogP contribution in [0.15, 0.2) is 12.7 Å². The summed E-state index contributed by atoms with van der Waals surface area (Å²) in [7, 11) is -16.5. The summed E-state index contributed by atoms with van der Waals surface area (Å²) in [6, 6.07) is 0. The molecule has 1 saturated heterocycles. The molecule has 0 aliphatic carbocycles. The Labute approximate surface area is 401 Å². The number of nitrogens with two attached hydrogens (primary N) is 1. The Kier molecular flexibility index (Phi) is 23.4. The van der Waals surface area contributed by atoms with Crippen LogP contribution in [-0.2, 0) is 60.3 Å². The number of fused-ring (bicyclic) bond motifs is 1. The number of nitrogen functional groups attached to an aromatic ring is 1. The molecule has 31 heteroatoms. The molecule has 5 unspecified atom stereocenters. The Bertz CT molecular complexity index is 2220. The molecule has 0 aromatic carbocycles. The van der Waals surface area contributed by atoms with Crippen molar-refractivity contribution in [2.75, 3.05) is 37.8 Å². The van der Waals surface area contributed by atoms with Crippen LogP contribution in [-0.4, -0.2) is 140 Å². The largest absolute Gasteiger partial charge is 0.481 e. The molecule has 10 atom stereocenters. The molecule has 0 bridgehead atoms. The van der Waals surface area contributed by atoms with E-state index in [0.717, 1.165) is 61.1 Å². The number of aliphatic carboxylic acids is 1. The number of aliphatic hydroxyl groups excluding tert-OH is 2. The second-order valence-electron chi connectivity index (χ2n) is 17.5. The predicted molar refractivity (Wildman–Crippen MR) is 244 cm³/mol. The number of carbonyl (C=O) groups is 5. The molecule has 3 heterocycles. The molecule has 1 aliphatic rings. The predicted octanol–water partition coefficient (Wildman–Crippen LogP) is 2.35. The highest BCUT2D eigenvalue weighted by molar-refractivity contribution is 8.13. The minimum Gasteiger partial charge on any atom is -0.481 e. The Morgan fingerprint density at radius 2 is 1.57 bits per heavy atom. The average molecular weight is 1060 g/mol. The van der Waals surface area contributed by atoms with Gasteiger partial charge in [0.05, 0.1) is 26.0 Å². The van der Waals surface area contributed by atoms with Crippen LogP contribution in [0.5, 0.6) is 0 Å². The summed E-state index contributed by atoms with van der Waals surface area (Å²) in [5.74, 6) is -2.05. The molecular formula is C38H64N7O20P3S. The lowest BCUT2D eigenvalue weighted by Crippen LogP contribution is -2.46. The number of carbonyl (C=O) groups excluding carboxylic acids is 4. The fraction of sp³-hybridized carbons (Fsp3) is 0.737. The number of Topliss-reactive ketones (excluding diaryl/α,β-unsaturated/α-hetero) is 1. The number of carboxylic acids is 1. The number of hydrogen-bond donors (Lipinski definition) is 10. The van der Waals surface area contributed by atoms with Gasteiger partial charge in [-0.05, 0) is 18.3 Å². The third-order valence-corrected chi connectivity index (χ3v) is 14.9. The zero-order valence-corrected chi connectivity index (χ0v) is 42.2. The maximum Gasteiger partial charge on any atom is 0.481 e. The topological polar surface area (TPSA) is 418 Å². The van der Waals surface area contributed by atoms with E-state index >= 15 is 0 Å². The van der Waals surface area contributed by atoms with Crippen LogP contribution >= 0.6 is 35.2 Å². The maximum atomic E-state index is 12.7. The number of amides is 2. The van der Waals surface area contributed by atoms with Gasteiger partial charge in [0, 0.05) is 43.0 Å². The van der Waals surface area contributed by atoms with E-state index in [1.54, 1.807) is 6.92 Å². The lowest BCUT2D eigenvalue weighted by atomic mass is 9.87. The van der Waals surface area contributed by atoms with Crippen molar-refractivity contribution in [2.24, 2.45) is 23.2 Å². The highest BCUT2D eigenvalue weighted by Gasteiger charge is 2.50. The molecular weight excluding hydrogens is 999 g/mol. The van der Waals surface area contributed by atoms with E-state index in [2.05, 4.69) is 41.3 Å². The zero-order chi connectivity index (χ0) is 51.9. The molecule has 27 nitrogen and oxygen atoms in total. The third-order valence-electron chi connectivity index (χ3n) is 10.9. The van der Waals surface area contributed by atoms with Crippen LogP contribution in [0.4, 0.5) is 5.82 Å². The van der Waals surface area contributed by atoms with Crippen molar-refractivity contribution < 1.29 is 95.2 Å². The Balaban J connectivity index is 1.35. The molecule has 0 spiro atoms. The van der Waals surface area contributed by atoms with Crippen LogP contribution in [0.25, 0.3) is 11.2 Å². The van der Waals surface area contributed by atoms with Gasteiger partial charge in [-0.25, -0.2) is 28.6 Å². The number of carboxylic acid groups (broad SMARTS) is 1. The minimum atomic E-state index is -5.60. The normalized spacial score (nSPS) is 21.1. The van der Waals surface area contributed by atoms with Gasteiger partial charge in [0.25, 0.3) is 0 Å². The van der Waals surface area contributed by atoms with Crippen LogP contribution in [0.2, 0.25) is 0 Å². The minimum absolute atomic E-state index is 0.0190. The number of ketones is 1. The van der Waals surface area contributed by atoms with E-state index in [1.807, 2.05) is 6.92 Å².